The minimum Gasteiger partial charge on any atom is -0.493 e. The van der Waals surface area contributed by atoms with Gasteiger partial charge >= 0.3 is 0 Å². The number of benzene rings is 1. The SMILES string of the molecule is COc1cc(C(=O)NCCC2(C)OCCCO2)cc(OC)c1OC. The molecule has 1 amide bonds. The normalized spacial score (nSPS) is 16.3. The molecule has 24 heavy (non-hydrogen) atoms. The highest BCUT2D eigenvalue weighted by atomic mass is 16.7. The molecule has 1 aliphatic heterocycles. The molecule has 0 saturated carbocycles. The number of hydrogen-bond donors (Lipinski definition) is 1. The van der Waals surface area contributed by atoms with Gasteiger partial charge in [0, 0.05) is 18.5 Å². The Balaban J connectivity index is 2.01. The minimum atomic E-state index is -0.638. The summed E-state index contributed by atoms with van der Waals surface area (Å²) in [6.45, 7) is 3.68. The van der Waals surface area contributed by atoms with Crippen LogP contribution in [0.1, 0.15) is 30.1 Å². The van der Waals surface area contributed by atoms with Gasteiger partial charge in [0.2, 0.25) is 5.75 Å². The third-order valence-corrected chi connectivity index (χ3v) is 3.90. The van der Waals surface area contributed by atoms with Crippen LogP contribution in [0.5, 0.6) is 17.2 Å². The van der Waals surface area contributed by atoms with Crippen molar-refractivity contribution in [2.24, 2.45) is 0 Å². The van der Waals surface area contributed by atoms with E-state index in [-0.39, 0.29) is 5.91 Å². The zero-order valence-electron chi connectivity index (χ0n) is 14.6. The van der Waals surface area contributed by atoms with Gasteiger partial charge in [-0.1, -0.05) is 0 Å². The monoisotopic (exact) mass is 339 g/mol. The van der Waals surface area contributed by atoms with Crippen LogP contribution >= 0.6 is 0 Å². The molecule has 7 nitrogen and oxygen atoms in total. The lowest BCUT2D eigenvalue weighted by molar-refractivity contribution is -0.257. The van der Waals surface area contributed by atoms with Crippen LogP contribution in [0.25, 0.3) is 0 Å². The lowest BCUT2D eigenvalue weighted by Gasteiger charge is -2.33. The largest absolute Gasteiger partial charge is 0.493 e. The van der Waals surface area contributed by atoms with Crippen molar-refractivity contribution in [1.82, 2.24) is 5.32 Å². The van der Waals surface area contributed by atoms with E-state index < -0.39 is 5.79 Å². The summed E-state index contributed by atoms with van der Waals surface area (Å²) >= 11 is 0. The van der Waals surface area contributed by atoms with E-state index in [1.54, 1.807) is 12.1 Å². The summed E-state index contributed by atoms with van der Waals surface area (Å²) in [4.78, 5) is 12.4. The second-order valence-corrected chi connectivity index (χ2v) is 5.60. The maximum atomic E-state index is 12.4. The van der Waals surface area contributed by atoms with Gasteiger partial charge < -0.3 is 29.0 Å². The van der Waals surface area contributed by atoms with Crippen molar-refractivity contribution in [2.75, 3.05) is 41.1 Å². The predicted molar refractivity (Wildman–Crippen MR) is 88.0 cm³/mol. The summed E-state index contributed by atoms with van der Waals surface area (Å²) in [7, 11) is 4.54. The Morgan fingerprint density at radius 3 is 2.21 bits per heavy atom. The van der Waals surface area contributed by atoms with Crippen molar-refractivity contribution >= 4 is 5.91 Å². The van der Waals surface area contributed by atoms with E-state index in [1.165, 1.54) is 21.3 Å². The lowest BCUT2D eigenvalue weighted by atomic mass is 10.1. The van der Waals surface area contributed by atoms with Crippen LogP contribution in [-0.4, -0.2) is 52.8 Å². The fourth-order valence-electron chi connectivity index (χ4n) is 2.54. The second kappa shape index (κ2) is 8.21. The summed E-state index contributed by atoms with van der Waals surface area (Å²) in [5, 5.41) is 2.86. The number of carbonyl (C=O) groups excluding carboxylic acids is 1. The fourth-order valence-corrected chi connectivity index (χ4v) is 2.54. The second-order valence-electron chi connectivity index (χ2n) is 5.60. The molecule has 1 aliphatic rings. The molecule has 1 aromatic rings. The molecule has 134 valence electrons. The summed E-state index contributed by atoms with van der Waals surface area (Å²) in [6.07, 6.45) is 1.47. The molecule has 1 saturated heterocycles. The van der Waals surface area contributed by atoms with Gasteiger partial charge in [-0.2, -0.15) is 0 Å². The van der Waals surface area contributed by atoms with Gasteiger partial charge in [0.05, 0.1) is 34.5 Å². The molecule has 0 bridgehead atoms. The van der Waals surface area contributed by atoms with Crippen molar-refractivity contribution in [1.29, 1.82) is 0 Å². The van der Waals surface area contributed by atoms with E-state index in [9.17, 15) is 4.79 Å². The molecule has 0 atom stereocenters. The molecule has 0 spiro atoms. The number of rotatable bonds is 7. The maximum Gasteiger partial charge on any atom is 0.251 e. The highest BCUT2D eigenvalue weighted by molar-refractivity contribution is 5.95. The molecule has 0 aliphatic carbocycles. The quantitative estimate of drug-likeness (QED) is 0.819. The third-order valence-electron chi connectivity index (χ3n) is 3.90. The van der Waals surface area contributed by atoms with Gasteiger partial charge in [0.15, 0.2) is 17.3 Å². The lowest BCUT2D eigenvalue weighted by Crippen LogP contribution is -2.41. The average Bonchev–Trinajstić information content (AvgIpc) is 2.60. The molecule has 1 N–H and O–H groups in total. The first-order valence-corrected chi connectivity index (χ1v) is 7.89. The third kappa shape index (κ3) is 4.30. The van der Waals surface area contributed by atoms with Gasteiger partial charge in [0.1, 0.15) is 0 Å². The van der Waals surface area contributed by atoms with Crippen LogP contribution in [0.3, 0.4) is 0 Å². The smallest absolute Gasteiger partial charge is 0.251 e. The van der Waals surface area contributed by atoms with Gasteiger partial charge in [-0.3, -0.25) is 4.79 Å². The van der Waals surface area contributed by atoms with E-state index in [2.05, 4.69) is 5.32 Å². The number of methoxy groups -OCH3 is 3. The fraction of sp³-hybridized carbons (Fsp3) is 0.588. The van der Waals surface area contributed by atoms with Crippen molar-refractivity contribution in [3.63, 3.8) is 0 Å². The predicted octanol–water partition coefficient (Wildman–Crippen LogP) is 1.99. The summed E-state index contributed by atoms with van der Waals surface area (Å²) in [6, 6.07) is 3.23. The maximum absolute atomic E-state index is 12.4. The molecule has 1 heterocycles. The Labute approximate surface area is 142 Å². The first-order chi connectivity index (χ1) is 11.5. The van der Waals surface area contributed by atoms with Crippen LogP contribution in [0.2, 0.25) is 0 Å². The van der Waals surface area contributed by atoms with E-state index >= 15 is 0 Å². The van der Waals surface area contributed by atoms with Gasteiger partial charge in [-0.25, -0.2) is 0 Å². The standard InChI is InChI=1S/C17H25NO6/c1-17(23-8-5-9-24-17)6-7-18-16(19)12-10-13(20-2)15(22-4)14(11-12)21-3/h10-11H,5-9H2,1-4H3,(H,18,19). The zero-order chi connectivity index (χ0) is 17.6. The van der Waals surface area contributed by atoms with Crippen molar-refractivity contribution in [3.05, 3.63) is 17.7 Å². The Hall–Kier alpha value is -1.99. The first-order valence-electron chi connectivity index (χ1n) is 7.89. The number of nitrogens with one attached hydrogen (secondary N) is 1. The average molecular weight is 339 g/mol. The highest BCUT2D eigenvalue weighted by Crippen LogP contribution is 2.38. The number of ether oxygens (including phenoxy) is 5. The van der Waals surface area contributed by atoms with Crippen LogP contribution in [-0.2, 0) is 9.47 Å². The molecule has 7 heteroatoms. The van der Waals surface area contributed by atoms with E-state index in [0.29, 0.717) is 49.0 Å². The van der Waals surface area contributed by atoms with Gasteiger partial charge in [-0.15, -0.1) is 0 Å². The number of carbonyl (C=O) groups is 1. The van der Waals surface area contributed by atoms with E-state index in [4.69, 9.17) is 23.7 Å². The molecular formula is C17H25NO6. The molecule has 0 radical (unpaired) electrons. The van der Waals surface area contributed by atoms with Crippen LogP contribution < -0.4 is 19.5 Å². The summed E-state index contributed by atoms with van der Waals surface area (Å²) in [5.41, 5.74) is 0.431. The number of hydrogen-bond acceptors (Lipinski definition) is 6. The molecule has 2 rings (SSSR count). The minimum absolute atomic E-state index is 0.228. The molecule has 1 fully saturated rings. The van der Waals surface area contributed by atoms with Crippen molar-refractivity contribution in [3.8, 4) is 17.2 Å². The van der Waals surface area contributed by atoms with Crippen LogP contribution in [0.15, 0.2) is 12.1 Å². The van der Waals surface area contributed by atoms with E-state index in [0.717, 1.165) is 6.42 Å². The Bertz CT molecular complexity index is 543. The van der Waals surface area contributed by atoms with Gasteiger partial charge in [0.25, 0.3) is 5.91 Å². The van der Waals surface area contributed by atoms with Crippen molar-refractivity contribution < 1.29 is 28.5 Å². The number of amides is 1. The van der Waals surface area contributed by atoms with Crippen molar-refractivity contribution in [2.45, 2.75) is 25.6 Å². The molecule has 1 aromatic carbocycles. The Morgan fingerprint density at radius 1 is 1.12 bits per heavy atom. The summed E-state index contributed by atoms with van der Waals surface area (Å²) in [5.74, 6) is 0.462. The van der Waals surface area contributed by atoms with Gasteiger partial charge in [-0.05, 0) is 25.5 Å². The Kier molecular flexibility index (Phi) is 6.28. The molecule has 0 aromatic heterocycles. The highest BCUT2D eigenvalue weighted by Gasteiger charge is 2.28. The van der Waals surface area contributed by atoms with Crippen LogP contribution in [0, 0.1) is 0 Å². The Morgan fingerprint density at radius 2 is 1.71 bits per heavy atom. The molecule has 0 unspecified atom stereocenters. The topological polar surface area (TPSA) is 75.3 Å². The first kappa shape index (κ1) is 18.4. The molecular weight excluding hydrogens is 314 g/mol. The summed E-state index contributed by atoms with van der Waals surface area (Å²) < 4.78 is 27.0. The van der Waals surface area contributed by atoms with E-state index in [1.807, 2.05) is 6.92 Å². The van der Waals surface area contributed by atoms with Crippen LogP contribution in [0.4, 0.5) is 0 Å². The zero-order valence-corrected chi connectivity index (χ0v) is 14.6.